The van der Waals surface area contributed by atoms with Crippen LogP contribution < -0.4 is 11.5 Å². The van der Waals surface area contributed by atoms with Gasteiger partial charge < -0.3 is 30.7 Å². The first-order valence-corrected chi connectivity index (χ1v) is 15.8. The second-order valence-corrected chi connectivity index (χ2v) is 11.6. The number of piperazine rings is 1. The van der Waals surface area contributed by atoms with Crippen molar-refractivity contribution in [2.45, 2.75) is 83.0 Å². The van der Waals surface area contributed by atoms with E-state index in [-0.39, 0.29) is 46.9 Å². The first-order valence-electron chi connectivity index (χ1n) is 15.8. The van der Waals surface area contributed by atoms with Gasteiger partial charge in [-0.15, -0.1) is 0 Å². The van der Waals surface area contributed by atoms with Crippen molar-refractivity contribution in [3.8, 4) is 0 Å². The number of amides is 2. The van der Waals surface area contributed by atoms with E-state index in [4.69, 9.17) is 20.9 Å². The molecule has 2 saturated heterocycles. The predicted octanol–water partition coefficient (Wildman–Crippen LogP) is 4.51. The molecular weight excluding hydrogens is 572 g/mol. The van der Waals surface area contributed by atoms with Crippen LogP contribution in [0.1, 0.15) is 65.2 Å². The number of ketones is 2. The second kappa shape index (κ2) is 15.2. The van der Waals surface area contributed by atoms with E-state index in [1.54, 1.807) is 9.80 Å². The van der Waals surface area contributed by atoms with Crippen LogP contribution in [0.3, 0.4) is 0 Å². The maximum Gasteiger partial charge on any atom is 0.404 e. The standard InChI is InChI=1S/C35H46N4O6/c1-4-5-6-7-8-9-10-11-12-13-14-15-16-17-18-19-20-21-27(40)39-26-22-38-30-28(32(42)29(36)24(2)31(30)41)25(23-45-34(37)43)35(38,44-3)33(26)39/h5-6,8-9,11-12,14-15,17-18,25-26,33H,4,7,10,13,16,19-23,36H2,1-3H3,(H2,37,43)/b6-5-,9-8-,12-11-,15-14-,18-17-/t25-,26+,33+,35-,39?/m1/s1. The van der Waals surface area contributed by atoms with Gasteiger partial charge in [0, 0.05) is 31.2 Å². The number of unbranched alkanes of at least 4 members (excludes halogenated alkanes) is 1. The van der Waals surface area contributed by atoms with E-state index in [1.807, 2.05) is 0 Å². The number of carbonyl (C=O) groups is 4. The Hall–Kier alpha value is -4.18. The molecule has 0 bridgehead atoms. The van der Waals surface area contributed by atoms with Gasteiger partial charge in [-0.05, 0) is 51.9 Å². The predicted molar refractivity (Wildman–Crippen MR) is 172 cm³/mol. The Labute approximate surface area is 265 Å². The lowest BCUT2D eigenvalue weighted by Crippen LogP contribution is -2.56. The Balaban J connectivity index is 1.25. The minimum Gasteiger partial charge on any atom is -0.449 e. The van der Waals surface area contributed by atoms with Crippen molar-refractivity contribution in [1.82, 2.24) is 9.80 Å². The van der Waals surface area contributed by atoms with Crippen molar-refractivity contribution in [3.63, 3.8) is 0 Å². The fourth-order valence-electron chi connectivity index (χ4n) is 6.69. The third kappa shape index (κ3) is 6.91. The molecule has 0 spiro atoms. The summed E-state index contributed by atoms with van der Waals surface area (Å²) < 4.78 is 11.2. The number of allylic oxidation sites excluding steroid dienone is 12. The normalized spacial score (nSPS) is 26.1. The fourth-order valence-corrected chi connectivity index (χ4v) is 6.69. The number of nitrogens with zero attached hydrogens (tertiary/aromatic N) is 2. The lowest BCUT2D eigenvalue weighted by molar-refractivity contribution is -0.153. The monoisotopic (exact) mass is 618 g/mol. The summed E-state index contributed by atoms with van der Waals surface area (Å²) in [5, 5.41) is 0. The molecule has 0 unspecified atom stereocenters. The zero-order chi connectivity index (χ0) is 32.6. The van der Waals surface area contributed by atoms with Gasteiger partial charge in [0.2, 0.25) is 17.5 Å². The molecule has 0 saturated carbocycles. The first kappa shape index (κ1) is 33.7. The zero-order valence-electron chi connectivity index (χ0n) is 26.6. The SMILES string of the molecule is CC/C=C\C/C=C\C/C=C\C/C=C\C/C=C\CCCC(=O)N1[C@H]2[C@@H]1CN1C3=C(C(=O)C(N)=C(C)C3=O)[C@@H](COC(N)=O)[C@@]21OC. The second-order valence-electron chi connectivity index (χ2n) is 11.6. The Bertz CT molecular complexity index is 1390. The molecule has 0 aromatic heterocycles. The average molecular weight is 619 g/mol. The number of ether oxygens (including phenoxy) is 2. The van der Waals surface area contributed by atoms with Crippen LogP contribution in [0, 0.1) is 5.92 Å². The lowest BCUT2D eigenvalue weighted by Gasteiger charge is -2.41. The molecule has 10 heteroatoms. The molecule has 45 heavy (non-hydrogen) atoms. The number of carbonyl (C=O) groups excluding carboxylic acids is 4. The van der Waals surface area contributed by atoms with Gasteiger partial charge in [0.25, 0.3) is 0 Å². The highest BCUT2D eigenvalue weighted by atomic mass is 16.6. The molecule has 3 heterocycles. The first-order chi connectivity index (χ1) is 21.7. The molecule has 3 aliphatic heterocycles. The Morgan fingerprint density at radius 1 is 0.933 bits per heavy atom. The molecule has 2 amide bonds. The van der Waals surface area contributed by atoms with Crippen LogP contribution in [0.25, 0.3) is 0 Å². The number of hydrogen-bond donors (Lipinski definition) is 2. The molecule has 4 rings (SSSR count). The smallest absolute Gasteiger partial charge is 0.404 e. The quantitative estimate of drug-likeness (QED) is 0.111. The summed E-state index contributed by atoms with van der Waals surface area (Å²) in [7, 11) is 1.48. The van der Waals surface area contributed by atoms with Crippen molar-refractivity contribution in [2.75, 3.05) is 20.3 Å². The van der Waals surface area contributed by atoms with Crippen molar-refractivity contribution in [2.24, 2.45) is 17.4 Å². The van der Waals surface area contributed by atoms with Gasteiger partial charge >= 0.3 is 6.09 Å². The summed E-state index contributed by atoms with van der Waals surface area (Å²) >= 11 is 0. The van der Waals surface area contributed by atoms with E-state index >= 15 is 0 Å². The number of Topliss-reactive ketones (excluding diaryl/α,β-unsaturated/α-hetero) is 2. The van der Waals surface area contributed by atoms with E-state index in [9.17, 15) is 19.2 Å². The van der Waals surface area contributed by atoms with Crippen LogP contribution in [-0.4, -0.2) is 71.4 Å². The van der Waals surface area contributed by atoms with Crippen LogP contribution in [0.2, 0.25) is 0 Å². The number of methoxy groups -OCH3 is 1. The van der Waals surface area contributed by atoms with Gasteiger partial charge in [0.1, 0.15) is 12.6 Å². The molecule has 4 aliphatic rings. The highest BCUT2D eigenvalue weighted by Gasteiger charge is 2.77. The molecule has 0 aromatic rings. The molecule has 0 aromatic carbocycles. The zero-order valence-corrected chi connectivity index (χ0v) is 26.6. The van der Waals surface area contributed by atoms with Crippen LogP contribution in [0.5, 0.6) is 0 Å². The van der Waals surface area contributed by atoms with Crippen molar-refractivity contribution < 1.29 is 28.7 Å². The van der Waals surface area contributed by atoms with Gasteiger partial charge in [0.15, 0.2) is 5.72 Å². The molecule has 4 atom stereocenters. The van der Waals surface area contributed by atoms with Crippen LogP contribution in [0.15, 0.2) is 83.3 Å². The molecule has 1 aliphatic carbocycles. The summed E-state index contributed by atoms with van der Waals surface area (Å²) in [6.07, 6.45) is 27.1. The largest absolute Gasteiger partial charge is 0.449 e. The maximum absolute atomic E-state index is 13.3. The fraction of sp³-hybridized carbons (Fsp3) is 0.486. The number of rotatable bonds is 16. The van der Waals surface area contributed by atoms with E-state index in [0.717, 1.165) is 38.5 Å². The third-order valence-electron chi connectivity index (χ3n) is 8.90. The number of fused-ring (bicyclic) bond motifs is 4. The third-order valence-corrected chi connectivity index (χ3v) is 8.90. The van der Waals surface area contributed by atoms with Crippen LogP contribution in [0.4, 0.5) is 4.79 Å². The Kier molecular flexibility index (Phi) is 11.4. The van der Waals surface area contributed by atoms with Crippen molar-refractivity contribution in [1.29, 1.82) is 0 Å². The van der Waals surface area contributed by atoms with Crippen LogP contribution >= 0.6 is 0 Å². The number of hydrogen-bond acceptors (Lipinski definition) is 8. The van der Waals surface area contributed by atoms with Gasteiger partial charge in [-0.25, -0.2) is 4.79 Å². The summed E-state index contributed by atoms with van der Waals surface area (Å²) in [4.78, 5) is 54.9. The van der Waals surface area contributed by atoms with E-state index in [1.165, 1.54) is 14.0 Å². The lowest BCUT2D eigenvalue weighted by atomic mass is 9.82. The Morgan fingerprint density at radius 2 is 1.51 bits per heavy atom. The van der Waals surface area contributed by atoms with E-state index in [0.29, 0.717) is 19.4 Å². The minimum atomic E-state index is -1.24. The topological polar surface area (TPSA) is 145 Å². The van der Waals surface area contributed by atoms with Gasteiger partial charge in [0.05, 0.1) is 23.4 Å². The summed E-state index contributed by atoms with van der Waals surface area (Å²) in [5.41, 5.74) is 10.4. The number of primary amides is 1. The van der Waals surface area contributed by atoms with Gasteiger partial charge in [-0.1, -0.05) is 67.7 Å². The highest BCUT2D eigenvalue weighted by Crippen LogP contribution is 2.59. The van der Waals surface area contributed by atoms with Gasteiger partial charge in [-0.3, -0.25) is 14.4 Å². The molecule has 10 nitrogen and oxygen atoms in total. The minimum absolute atomic E-state index is 0.0145. The summed E-state index contributed by atoms with van der Waals surface area (Å²) in [6, 6.07) is -0.583. The molecular formula is C35H46N4O6. The number of nitrogens with two attached hydrogens (primary N) is 2. The highest BCUT2D eigenvalue weighted by molar-refractivity contribution is 6.25. The maximum atomic E-state index is 13.3. The van der Waals surface area contributed by atoms with Crippen molar-refractivity contribution in [3.05, 3.63) is 83.3 Å². The molecule has 4 N–H and O–H groups in total. The van der Waals surface area contributed by atoms with E-state index < -0.39 is 29.6 Å². The molecule has 0 radical (unpaired) electrons. The Morgan fingerprint density at radius 3 is 2.07 bits per heavy atom. The molecule has 242 valence electrons. The summed E-state index contributed by atoms with van der Waals surface area (Å²) in [6.45, 7) is 3.70. The van der Waals surface area contributed by atoms with Crippen molar-refractivity contribution >= 4 is 23.6 Å². The molecule has 2 fully saturated rings. The van der Waals surface area contributed by atoms with Crippen LogP contribution in [-0.2, 0) is 23.9 Å². The van der Waals surface area contributed by atoms with Gasteiger partial charge in [-0.2, -0.15) is 0 Å². The average Bonchev–Trinajstić information content (AvgIpc) is 3.54. The van der Waals surface area contributed by atoms with E-state index in [2.05, 4.69) is 67.7 Å². The summed E-state index contributed by atoms with van der Waals surface area (Å²) in [5.74, 6) is -1.69.